The molecule has 2 bridgehead atoms. The molecule has 23 heavy (non-hydrogen) atoms. The van der Waals surface area contributed by atoms with Gasteiger partial charge in [-0.25, -0.2) is 14.8 Å². The van der Waals surface area contributed by atoms with Crippen molar-refractivity contribution in [1.82, 2.24) is 25.2 Å². The largest absolute Gasteiger partial charge is 0.442 e. The van der Waals surface area contributed by atoms with Crippen LogP contribution in [0.4, 0.5) is 4.79 Å². The van der Waals surface area contributed by atoms with Gasteiger partial charge in [0, 0.05) is 36.9 Å². The van der Waals surface area contributed by atoms with Gasteiger partial charge in [0.05, 0.1) is 18.3 Å². The molecule has 2 aromatic rings. The van der Waals surface area contributed by atoms with Crippen LogP contribution in [-0.4, -0.2) is 52.2 Å². The Balaban J connectivity index is 1.88. The van der Waals surface area contributed by atoms with Crippen LogP contribution in [0, 0.1) is 0 Å². The molecule has 0 aromatic carbocycles. The lowest BCUT2D eigenvalue weighted by Crippen LogP contribution is -2.60. The monoisotopic (exact) mass is 315 g/mol. The molecule has 2 saturated heterocycles. The lowest BCUT2D eigenvalue weighted by molar-refractivity contribution is -0.227. The van der Waals surface area contributed by atoms with Gasteiger partial charge < -0.3 is 5.32 Å². The van der Waals surface area contributed by atoms with Gasteiger partial charge in [-0.15, -0.1) is 0 Å². The van der Waals surface area contributed by atoms with Crippen molar-refractivity contribution < 1.29 is 14.6 Å². The van der Waals surface area contributed by atoms with Gasteiger partial charge >= 0.3 is 6.09 Å². The summed E-state index contributed by atoms with van der Waals surface area (Å²) in [6, 6.07) is 1.91. The van der Waals surface area contributed by atoms with E-state index in [0.717, 1.165) is 36.0 Å². The Hall–Kier alpha value is -2.32. The van der Waals surface area contributed by atoms with E-state index in [4.69, 9.17) is 4.89 Å². The maximum absolute atomic E-state index is 12.5. The number of hydrogen-bond donors (Lipinski definition) is 1. The van der Waals surface area contributed by atoms with Crippen molar-refractivity contribution in [3.05, 3.63) is 30.5 Å². The van der Waals surface area contributed by atoms with E-state index in [1.165, 1.54) is 13.4 Å². The number of hydrogen-bond acceptors (Lipinski definition) is 7. The van der Waals surface area contributed by atoms with Gasteiger partial charge in [0.15, 0.2) is 0 Å². The second-order valence-corrected chi connectivity index (χ2v) is 5.86. The average molecular weight is 315 g/mol. The lowest BCUT2D eigenvalue weighted by atomic mass is 9.89. The summed E-state index contributed by atoms with van der Waals surface area (Å²) in [5, 5.41) is 4.26. The Morgan fingerprint density at radius 3 is 3.26 bits per heavy atom. The molecular formula is C15H17N5O3. The van der Waals surface area contributed by atoms with Gasteiger partial charge in [-0.3, -0.25) is 14.8 Å². The van der Waals surface area contributed by atoms with Crippen LogP contribution in [0.15, 0.2) is 24.8 Å². The highest BCUT2D eigenvalue weighted by Gasteiger charge is 2.54. The van der Waals surface area contributed by atoms with Gasteiger partial charge in [-0.1, -0.05) is 0 Å². The molecule has 2 aromatic heterocycles. The van der Waals surface area contributed by atoms with Crippen molar-refractivity contribution >= 4 is 17.0 Å². The molecule has 8 nitrogen and oxygen atoms in total. The second kappa shape index (κ2) is 5.39. The highest BCUT2D eigenvalue weighted by Crippen LogP contribution is 2.45. The number of amides is 1. The molecule has 1 N–H and O–H groups in total. The van der Waals surface area contributed by atoms with Crippen LogP contribution in [0.25, 0.3) is 10.9 Å². The summed E-state index contributed by atoms with van der Waals surface area (Å²) in [5.74, 6) is 0. The lowest BCUT2D eigenvalue weighted by Gasteiger charge is -2.43. The molecule has 2 fully saturated rings. The normalized spacial score (nSPS) is 26.5. The van der Waals surface area contributed by atoms with E-state index in [2.05, 4.69) is 25.2 Å². The van der Waals surface area contributed by atoms with Crippen LogP contribution in [-0.2, 0) is 15.3 Å². The smallest absolute Gasteiger partial charge is 0.312 e. The first-order chi connectivity index (χ1) is 11.3. The molecule has 0 aliphatic carbocycles. The number of fused-ring (bicyclic) bond motifs is 3. The summed E-state index contributed by atoms with van der Waals surface area (Å²) in [4.78, 5) is 36.6. The van der Waals surface area contributed by atoms with Crippen LogP contribution >= 0.6 is 0 Å². The molecule has 0 radical (unpaired) electrons. The van der Waals surface area contributed by atoms with Crippen LogP contribution in [0.5, 0.6) is 0 Å². The summed E-state index contributed by atoms with van der Waals surface area (Å²) in [7, 11) is 1.33. The summed E-state index contributed by atoms with van der Waals surface area (Å²) >= 11 is 0. The van der Waals surface area contributed by atoms with Crippen LogP contribution in [0.1, 0.15) is 18.5 Å². The van der Waals surface area contributed by atoms with E-state index in [9.17, 15) is 4.79 Å². The van der Waals surface area contributed by atoms with Crippen molar-refractivity contribution in [2.75, 3.05) is 20.2 Å². The van der Waals surface area contributed by atoms with Crippen molar-refractivity contribution in [1.29, 1.82) is 0 Å². The molecule has 2 aliphatic heterocycles. The Morgan fingerprint density at radius 1 is 1.48 bits per heavy atom. The van der Waals surface area contributed by atoms with Gasteiger partial charge in [-0.2, -0.15) is 4.89 Å². The average Bonchev–Trinajstić information content (AvgIpc) is 2.81. The summed E-state index contributed by atoms with van der Waals surface area (Å²) in [6.07, 6.45) is 6.20. The SMILES string of the molecule is COOC(=O)N1C2CCC1(c1ncnc3ccncc13)CNC2. The molecule has 1 amide bonds. The Kier molecular flexibility index (Phi) is 3.35. The van der Waals surface area contributed by atoms with Gasteiger partial charge in [0.1, 0.15) is 11.9 Å². The number of carbonyl (C=O) groups is 1. The van der Waals surface area contributed by atoms with Crippen LogP contribution < -0.4 is 5.32 Å². The van der Waals surface area contributed by atoms with E-state index < -0.39 is 11.6 Å². The molecule has 0 spiro atoms. The molecule has 4 heterocycles. The van der Waals surface area contributed by atoms with Crippen LogP contribution in [0.2, 0.25) is 0 Å². The highest BCUT2D eigenvalue weighted by atomic mass is 17.2. The Labute approximate surface area is 132 Å². The number of nitrogens with one attached hydrogen (secondary N) is 1. The van der Waals surface area contributed by atoms with Crippen molar-refractivity contribution in [3.63, 3.8) is 0 Å². The third-order valence-corrected chi connectivity index (χ3v) is 4.74. The summed E-state index contributed by atoms with van der Waals surface area (Å²) < 4.78 is 0. The van der Waals surface area contributed by atoms with Gasteiger partial charge in [-0.05, 0) is 18.9 Å². The molecule has 2 aliphatic rings. The number of aromatic nitrogens is 3. The number of rotatable bonds is 2. The molecule has 2 unspecified atom stereocenters. The van der Waals surface area contributed by atoms with Gasteiger partial charge in [0.2, 0.25) is 0 Å². The fourth-order valence-corrected chi connectivity index (χ4v) is 3.84. The molecule has 0 saturated carbocycles. The fourth-order valence-electron chi connectivity index (χ4n) is 3.84. The Morgan fingerprint density at radius 2 is 2.39 bits per heavy atom. The first kappa shape index (κ1) is 14.3. The maximum Gasteiger partial charge on any atom is 0.442 e. The van der Waals surface area contributed by atoms with Crippen molar-refractivity contribution in [2.45, 2.75) is 24.4 Å². The third-order valence-electron chi connectivity index (χ3n) is 4.74. The zero-order valence-electron chi connectivity index (χ0n) is 12.7. The number of carbonyl (C=O) groups excluding carboxylic acids is 1. The summed E-state index contributed by atoms with van der Waals surface area (Å²) in [5.41, 5.74) is 1.05. The van der Waals surface area contributed by atoms with E-state index in [0.29, 0.717) is 6.54 Å². The summed E-state index contributed by atoms with van der Waals surface area (Å²) in [6.45, 7) is 1.35. The zero-order chi connectivity index (χ0) is 15.9. The number of pyridine rings is 1. The minimum absolute atomic E-state index is 0.0630. The van der Waals surface area contributed by atoms with Crippen molar-refractivity contribution in [3.8, 4) is 0 Å². The quantitative estimate of drug-likeness (QED) is 0.653. The minimum Gasteiger partial charge on any atom is -0.312 e. The maximum atomic E-state index is 12.5. The molecule has 2 atom stereocenters. The first-order valence-electron chi connectivity index (χ1n) is 7.56. The molecule has 4 rings (SSSR count). The molecule has 120 valence electrons. The van der Waals surface area contributed by atoms with E-state index in [1.54, 1.807) is 17.3 Å². The third kappa shape index (κ3) is 2.06. The van der Waals surface area contributed by atoms with Crippen LogP contribution in [0.3, 0.4) is 0 Å². The number of nitrogens with zero attached hydrogens (tertiary/aromatic N) is 4. The predicted octanol–water partition coefficient (Wildman–Crippen LogP) is 0.986. The van der Waals surface area contributed by atoms with Gasteiger partial charge in [0.25, 0.3) is 0 Å². The minimum atomic E-state index is -0.567. The predicted molar refractivity (Wildman–Crippen MR) is 80.2 cm³/mol. The second-order valence-electron chi connectivity index (χ2n) is 5.86. The topological polar surface area (TPSA) is 89.5 Å². The van der Waals surface area contributed by atoms with E-state index in [1.807, 2.05) is 6.07 Å². The van der Waals surface area contributed by atoms with Crippen molar-refractivity contribution in [2.24, 2.45) is 0 Å². The fraction of sp³-hybridized carbons (Fsp3) is 0.467. The standard InChI is InChI=1S/C15H17N5O3/c1-22-23-14(21)20-10-2-4-15(20,8-17-6-10)13-11-7-16-5-3-12(11)18-9-19-13/h3,5,7,9-10,17H,2,4,6,8H2,1H3. The molecule has 8 heteroatoms. The van der Waals surface area contributed by atoms with E-state index in [-0.39, 0.29) is 6.04 Å². The first-order valence-corrected chi connectivity index (χ1v) is 7.56. The number of piperazine rings is 1. The highest BCUT2D eigenvalue weighted by molar-refractivity contribution is 5.82. The zero-order valence-corrected chi connectivity index (χ0v) is 12.7. The molecular weight excluding hydrogens is 298 g/mol. The van der Waals surface area contributed by atoms with E-state index >= 15 is 0 Å². The Bertz CT molecular complexity index is 745.